The van der Waals surface area contributed by atoms with Gasteiger partial charge in [0, 0.05) is 0 Å². The van der Waals surface area contributed by atoms with Crippen LogP contribution in [-0.2, 0) is 0 Å². The first-order valence-electron chi connectivity index (χ1n) is 7.42. The third-order valence-corrected chi connectivity index (χ3v) is 4.39. The lowest BCUT2D eigenvalue weighted by molar-refractivity contribution is 0.629. The highest BCUT2D eigenvalue weighted by Gasteiger charge is 2.11. The second kappa shape index (κ2) is 5.09. The highest BCUT2D eigenvalue weighted by atomic mass is 28.2. The average Bonchev–Trinajstić information content (AvgIpc) is 2.61. The molecule has 106 valence electrons. The minimum absolute atomic E-state index is 0.306. The molecule has 0 amide bonds. The van der Waals surface area contributed by atoms with Gasteiger partial charge in [0.15, 0.2) is 0 Å². The summed E-state index contributed by atoms with van der Waals surface area (Å²) < 4.78 is 0. The van der Waals surface area contributed by atoms with Crippen molar-refractivity contribution in [3.63, 3.8) is 0 Å². The lowest BCUT2D eigenvalue weighted by Crippen LogP contribution is -1.85. The van der Waals surface area contributed by atoms with Gasteiger partial charge in [0.25, 0.3) is 0 Å². The molecule has 0 spiro atoms. The molecule has 0 bridgehead atoms. The van der Waals surface area contributed by atoms with Crippen LogP contribution in [0.2, 0.25) is 0 Å². The number of hydrogen-bond donors (Lipinski definition) is 1. The van der Waals surface area contributed by atoms with Crippen molar-refractivity contribution >= 4 is 53.6 Å². The van der Waals surface area contributed by atoms with Gasteiger partial charge in [-0.25, -0.2) is 0 Å². The van der Waals surface area contributed by atoms with E-state index in [9.17, 15) is 0 Å². The lowest BCUT2D eigenvalue weighted by atomic mass is 9.90. The summed E-state index contributed by atoms with van der Waals surface area (Å²) >= 11 is 0. The van der Waals surface area contributed by atoms with Crippen molar-refractivity contribution in [1.29, 1.82) is 0 Å². The maximum Gasteiger partial charge on any atom is 0.141 e. The van der Waals surface area contributed by atoms with Gasteiger partial charge in [0.2, 0.25) is 0 Å². The molecule has 0 heterocycles. The molecule has 1 nitrogen and oxygen atoms in total. The molecule has 0 saturated carbocycles. The van der Waals surface area contributed by atoms with Gasteiger partial charge < -0.3 is 4.80 Å². The van der Waals surface area contributed by atoms with Gasteiger partial charge in [-0.15, -0.1) is 0 Å². The van der Waals surface area contributed by atoms with Crippen LogP contribution in [0.15, 0.2) is 72.8 Å². The minimum Gasteiger partial charge on any atom is -0.442 e. The fourth-order valence-corrected chi connectivity index (χ4v) is 3.58. The molecule has 0 aromatic heterocycles. The molecule has 0 atom stereocenters. The Morgan fingerprint density at radius 2 is 0.727 bits per heavy atom. The van der Waals surface area contributed by atoms with Gasteiger partial charge in [-0.1, -0.05) is 72.8 Å². The summed E-state index contributed by atoms with van der Waals surface area (Å²) in [7, 11) is 0.306. The Bertz CT molecular complexity index is 929. The first-order valence-corrected chi connectivity index (χ1v) is 8.32. The van der Waals surface area contributed by atoms with Crippen molar-refractivity contribution in [2.75, 3.05) is 0 Å². The zero-order valence-electron chi connectivity index (χ0n) is 12.4. The maximum atomic E-state index is 7.14. The van der Waals surface area contributed by atoms with Gasteiger partial charge in [0.05, 0.1) is 0 Å². The highest BCUT2D eigenvalue weighted by Crippen LogP contribution is 2.39. The highest BCUT2D eigenvalue weighted by molar-refractivity contribution is 6.32. The molecule has 5 aromatic rings. The normalized spacial score (nSPS) is 11.3. The maximum absolute atomic E-state index is 7.14. The lowest BCUT2D eigenvalue weighted by Gasteiger charge is -2.13. The van der Waals surface area contributed by atoms with Crippen LogP contribution in [0, 0.1) is 0 Å². The predicted octanol–water partition coefficient (Wildman–Crippen LogP) is 4.00. The van der Waals surface area contributed by atoms with E-state index in [2.05, 4.69) is 72.8 Å². The Morgan fingerprint density at radius 3 is 1.00 bits per heavy atom. The van der Waals surface area contributed by atoms with Crippen LogP contribution in [0.4, 0.5) is 0 Å². The summed E-state index contributed by atoms with van der Waals surface area (Å²) in [6.07, 6.45) is 0. The number of benzene rings is 5. The molecule has 0 saturated heterocycles. The van der Waals surface area contributed by atoms with E-state index in [4.69, 9.17) is 4.80 Å². The van der Waals surface area contributed by atoms with E-state index in [0.717, 1.165) is 0 Å². The third kappa shape index (κ3) is 1.68. The molecular formula is C20H16OSi. The molecule has 5 aromatic carbocycles. The van der Waals surface area contributed by atoms with E-state index in [0.29, 0.717) is 10.5 Å². The zero-order valence-corrected chi connectivity index (χ0v) is 14.4. The van der Waals surface area contributed by atoms with Gasteiger partial charge >= 0.3 is 0 Å². The first-order chi connectivity index (χ1) is 10.9. The quantitative estimate of drug-likeness (QED) is 0.260. The van der Waals surface area contributed by atoms with E-state index in [1.54, 1.807) is 0 Å². The van der Waals surface area contributed by atoms with Gasteiger partial charge in [-0.2, -0.15) is 0 Å². The van der Waals surface area contributed by atoms with Crippen LogP contribution in [0.1, 0.15) is 0 Å². The van der Waals surface area contributed by atoms with E-state index < -0.39 is 0 Å². The number of hydrogen-bond acceptors (Lipinski definition) is 1. The summed E-state index contributed by atoms with van der Waals surface area (Å²) in [5.41, 5.74) is 0. The van der Waals surface area contributed by atoms with Crippen LogP contribution in [-0.4, -0.2) is 15.3 Å². The topological polar surface area (TPSA) is 20.2 Å². The van der Waals surface area contributed by atoms with Crippen LogP contribution >= 0.6 is 0 Å². The monoisotopic (exact) mass is 300 g/mol. The minimum atomic E-state index is 0.306. The predicted molar refractivity (Wildman–Crippen MR) is 99.8 cm³/mol. The average molecular weight is 300 g/mol. The van der Waals surface area contributed by atoms with Gasteiger partial charge in [-0.05, 0) is 43.1 Å². The van der Waals surface area contributed by atoms with E-state index in [1.165, 1.54) is 43.1 Å². The Hall–Kier alpha value is -2.42. The van der Waals surface area contributed by atoms with Crippen molar-refractivity contribution in [1.82, 2.24) is 0 Å². The van der Waals surface area contributed by atoms with Gasteiger partial charge in [-0.3, -0.25) is 0 Å². The fraction of sp³-hybridized carbons (Fsp3) is 0. The van der Waals surface area contributed by atoms with Crippen molar-refractivity contribution in [3.05, 3.63) is 72.8 Å². The SMILES string of the molecule is O[SiH3].c1cc2cccc3c4cccc5cccc(c(c1)c23)c54. The zero-order chi connectivity index (χ0) is 15.1. The third-order valence-electron chi connectivity index (χ3n) is 4.39. The molecule has 0 aliphatic rings. The van der Waals surface area contributed by atoms with Crippen molar-refractivity contribution in [2.45, 2.75) is 0 Å². The van der Waals surface area contributed by atoms with Crippen LogP contribution in [0.25, 0.3) is 43.1 Å². The Kier molecular flexibility index (Phi) is 3.07. The Labute approximate surface area is 131 Å². The summed E-state index contributed by atoms with van der Waals surface area (Å²) in [5.74, 6) is 0. The summed E-state index contributed by atoms with van der Waals surface area (Å²) in [6.45, 7) is 0. The molecule has 2 heteroatoms. The molecule has 0 unspecified atom stereocenters. The smallest absolute Gasteiger partial charge is 0.141 e. The second-order valence-electron chi connectivity index (χ2n) is 5.42. The molecule has 5 rings (SSSR count). The number of fused-ring (bicyclic) bond motifs is 2. The molecule has 0 fully saturated rings. The summed E-state index contributed by atoms with van der Waals surface area (Å²) in [5, 5.41) is 10.9. The summed E-state index contributed by atoms with van der Waals surface area (Å²) in [4.78, 5) is 7.14. The Balaban J connectivity index is 0.000000602. The van der Waals surface area contributed by atoms with E-state index in [1.807, 2.05) is 0 Å². The first kappa shape index (κ1) is 13.3. The molecule has 22 heavy (non-hydrogen) atoms. The van der Waals surface area contributed by atoms with Crippen molar-refractivity contribution in [3.8, 4) is 0 Å². The van der Waals surface area contributed by atoms with Gasteiger partial charge in [0.1, 0.15) is 10.5 Å². The largest absolute Gasteiger partial charge is 0.442 e. The molecule has 0 aliphatic heterocycles. The standard InChI is InChI=1S/C20H12.H4OSi/c1-5-13-6-2-11-17-18-12-4-8-14-7-3-10-16(20(14)18)15(9-1)19(13)17;1-2/h1-12H;1H,2H3. The van der Waals surface area contributed by atoms with Crippen molar-refractivity contribution < 1.29 is 4.80 Å². The van der Waals surface area contributed by atoms with Crippen molar-refractivity contribution in [2.24, 2.45) is 0 Å². The van der Waals surface area contributed by atoms with Crippen LogP contribution < -0.4 is 0 Å². The fourth-order valence-electron chi connectivity index (χ4n) is 3.58. The second-order valence-corrected chi connectivity index (χ2v) is 5.42. The molecule has 0 radical (unpaired) electrons. The van der Waals surface area contributed by atoms with E-state index >= 15 is 0 Å². The van der Waals surface area contributed by atoms with E-state index in [-0.39, 0.29) is 0 Å². The van der Waals surface area contributed by atoms with Crippen LogP contribution in [0.3, 0.4) is 0 Å². The number of rotatable bonds is 0. The molecule has 1 N–H and O–H groups in total. The molecule has 0 aliphatic carbocycles. The molecular weight excluding hydrogens is 284 g/mol. The summed E-state index contributed by atoms with van der Waals surface area (Å²) in [6, 6.07) is 26.4. The Morgan fingerprint density at radius 1 is 0.455 bits per heavy atom. The van der Waals surface area contributed by atoms with Crippen LogP contribution in [0.5, 0.6) is 0 Å².